The second-order valence-electron chi connectivity index (χ2n) is 4.25. The number of rotatable bonds is 3. The number of nitrogens with zero attached hydrogens (tertiary/aromatic N) is 2. The minimum atomic E-state index is 0.697. The van der Waals surface area contributed by atoms with Crippen molar-refractivity contribution in [1.29, 1.82) is 0 Å². The topological polar surface area (TPSA) is 18.5 Å². The summed E-state index contributed by atoms with van der Waals surface area (Å²) in [6, 6.07) is 0.697. The number of nitrogens with one attached hydrogen (secondary N) is 1. The van der Waals surface area contributed by atoms with Gasteiger partial charge in [0.05, 0.1) is 0 Å². The molecule has 1 heterocycles. The monoisotopic (exact) mass is 185 g/mol. The molecule has 0 spiro atoms. The Morgan fingerprint density at radius 2 is 2.23 bits per heavy atom. The van der Waals surface area contributed by atoms with Crippen molar-refractivity contribution in [3.63, 3.8) is 0 Å². The van der Waals surface area contributed by atoms with E-state index in [1.165, 1.54) is 32.6 Å². The Labute approximate surface area is 82.1 Å². The zero-order valence-corrected chi connectivity index (χ0v) is 9.21. The summed E-state index contributed by atoms with van der Waals surface area (Å²) >= 11 is 0. The van der Waals surface area contributed by atoms with Gasteiger partial charge in [-0.2, -0.15) is 0 Å². The quantitative estimate of drug-likeness (QED) is 0.679. The Kier molecular flexibility index (Phi) is 4.70. The summed E-state index contributed by atoms with van der Waals surface area (Å²) in [5.74, 6) is 0. The Morgan fingerprint density at radius 1 is 1.46 bits per heavy atom. The van der Waals surface area contributed by atoms with Gasteiger partial charge in [-0.1, -0.05) is 0 Å². The summed E-state index contributed by atoms with van der Waals surface area (Å²) in [5.41, 5.74) is 0. The van der Waals surface area contributed by atoms with Gasteiger partial charge in [0, 0.05) is 25.7 Å². The molecule has 0 aromatic carbocycles. The van der Waals surface area contributed by atoms with Gasteiger partial charge in [0.1, 0.15) is 0 Å². The maximum Gasteiger partial charge on any atom is 0.0192 e. The standard InChI is InChI=1S/C10H23N3/c1-10-9-11-5-4-6-13(10)8-7-12(2)3/h10-11H,4-9H2,1-3H3. The van der Waals surface area contributed by atoms with Crippen LogP contribution in [-0.4, -0.2) is 62.7 Å². The number of hydrogen-bond acceptors (Lipinski definition) is 3. The first-order valence-electron chi connectivity index (χ1n) is 5.29. The Hall–Kier alpha value is -0.120. The molecule has 0 aromatic heterocycles. The van der Waals surface area contributed by atoms with Crippen molar-refractivity contribution >= 4 is 0 Å². The average molecular weight is 185 g/mol. The molecule has 13 heavy (non-hydrogen) atoms. The summed E-state index contributed by atoms with van der Waals surface area (Å²) in [7, 11) is 4.28. The molecule has 1 rings (SSSR count). The molecule has 0 aliphatic carbocycles. The molecule has 1 saturated heterocycles. The number of hydrogen-bond donors (Lipinski definition) is 1. The number of likely N-dealkylation sites (N-methyl/N-ethyl adjacent to an activating group) is 1. The second kappa shape index (κ2) is 5.58. The van der Waals surface area contributed by atoms with E-state index < -0.39 is 0 Å². The third-order valence-electron chi connectivity index (χ3n) is 2.70. The van der Waals surface area contributed by atoms with E-state index in [-0.39, 0.29) is 0 Å². The molecule has 1 atom stereocenters. The third-order valence-corrected chi connectivity index (χ3v) is 2.70. The first-order valence-corrected chi connectivity index (χ1v) is 5.29. The van der Waals surface area contributed by atoms with Crippen LogP contribution in [0.25, 0.3) is 0 Å². The summed E-state index contributed by atoms with van der Waals surface area (Å²) in [6.45, 7) is 8.27. The van der Waals surface area contributed by atoms with E-state index in [9.17, 15) is 0 Å². The van der Waals surface area contributed by atoms with Crippen LogP contribution in [0.4, 0.5) is 0 Å². The lowest BCUT2D eigenvalue weighted by molar-refractivity contribution is 0.200. The molecule has 1 aliphatic rings. The van der Waals surface area contributed by atoms with Crippen LogP contribution in [0.3, 0.4) is 0 Å². The van der Waals surface area contributed by atoms with E-state index in [4.69, 9.17) is 0 Å². The molecule has 0 bridgehead atoms. The molecular formula is C10H23N3. The van der Waals surface area contributed by atoms with E-state index in [2.05, 4.69) is 36.1 Å². The van der Waals surface area contributed by atoms with Crippen molar-refractivity contribution in [2.45, 2.75) is 19.4 Å². The normalized spacial score (nSPS) is 26.3. The van der Waals surface area contributed by atoms with E-state index in [0.717, 1.165) is 6.54 Å². The minimum Gasteiger partial charge on any atom is -0.315 e. The highest BCUT2D eigenvalue weighted by atomic mass is 15.2. The summed E-state index contributed by atoms with van der Waals surface area (Å²) in [4.78, 5) is 4.84. The van der Waals surface area contributed by atoms with Crippen LogP contribution >= 0.6 is 0 Å². The van der Waals surface area contributed by atoms with Crippen LogP contribution in [0.2, 0.25) is 0 Å². The second-order valence-corrected chi connectivity index (χ2v) is 4.25. The highest BCUT2D eigenvalue weighted by molar-refractivity contribution is 4.74. The van der Waals surface area contributed by atoms with E-state index in [1.54, 1.807) is 0 Å². The van der Waals surface area contributed by atoms with Crippen LogP contribution in [0.1, 0.15) is 13.3 Å². The fourth-order valence-electron chi connectivity index (χ4n) is 1.73. The minimum absolute atomic E-state index is 0.697. The molecule has 0 saturated carbocycles. The molecule has 0 aromatic rings. The lowest BCUT2D eigenvalue weighted by atomic mass is 10.3. The molecule has 78 valence electrons. The average Bonchev–Trinajstić information content (AvgIpc) is 2.27. The zero-order chi connectivity index (χ0) is 9.68. The fraction of sp³-hybridized carbons (Fsp3) is 1.00. The highest BCUT2D eigenvalue weighted by Gasteiger charge is 2.15. The van der Waals surface area contributed by atoms with Crippen molar-refractivity contribution < 1.29 is 0 Å². The SMILES string of the molecule is CC1CNCCCN1CCN(C)C. The molecule has 1 unspecified atom stereocenters. The van der Waals surface area contributed by atoms with Gasteiger partial charge < -0.3 is 10.2 Å². The molecule has 3 nitrogen and oxygen atoms in total. The van der Waals surface area contributed by atoms with E-state index >= 15 is 0 Å². The first-order chi connectivity index (χ1) is 6.20. The van der Waals surface area contributed by atoms with Crippen molar-refractivity contribution in [3.8, 4) is 0 Å². The smallest absolute Gasteiger partial charge is 0.0192 e. The van der Waals surface area contributed by atoms with Gasteiger partial charge >= 0.3 is 0 Å². The van der Waals surface area contributed by atoms with Gasteiger partial charge in [-0.3, -0.25) is 4.90 Å². The molecule has 1 fully saturated rings. The maximum absolute atomic E-state index is 3.46. The van der Waals surface area contributed by atoms with Gasteiger partial charge in [-0.25, -0.2) is 0 Å². The van der Waals surface area contributed by atoms with Crippen LogP contribution in [0.5, 0.6) is 0 Å². The van der Waals surface area contributed by atoms with E-state index in [0.29, 0.717) is 6.04 Å². The fourth-order valence-corrected chi connectivity index (χ4v) is 1.73. The molecule has 0 amide bonds. The molecular weight excluding hydrogens is 162 g/mol. The van der Waals surface area contributed by atoms with Crippen molar-refractivity contribution in [3.05, 3.63) is 0 Å². The Balaban J connectivity index is 2.27. The molecule has 3 heteroatoms. The van der Waals surface area contributed by atoms with Crippen molar-refractivity contribution in [1.82, 2.24) is 15.1 Å². The van der Waals surface area contributed by atoms with Gasteiger partial charge in [0.15, 0.2) is 0 Å². The highest BCUT2D eigenvalue weighted by Crippen LogP contribution is 2.02. The first kappa shape index (κ1) is 11.0. The predicted molar refractivity (Wildman–Crippen MR) is 57.1 cm³/mol. The molecule has 0 radical (unpaired) electrons. The largest absolute Gasteiger partial charge is 0.315 e. The summed E-state index contributed by atoms with van der Waals surface area (Å²) in [5, 5.41) is 3.46. The maximum atomic E-state index is 3.46. The summed E-state index contributed by atoms with van der Waals surface area (Å²) < 4.78 is 0. The molecule has 1 aliphatic heterocycles. The van der Waals surface area contributed by atoms with Gasteiger partial charge in [0.2, 0.25) is 0 Å². The van der Waals surface area contributed by atoms with Crippen LogP contribution in [0, 0.1) is 0 Å². The predicted octanol–water partition coefficient (Wildman–Crippen LogP) is 0.232. The van der Waals surface area contributed by atoms with Gasteiger partial charge in [-0.15, -0.1) is 0 Å². The van der Waals surface area contributed by atoms with Crippen LogP contribution < -0.4 is 5.32 Å². The zero-order valence-electron chi connectivity index (χ0n) is 9.21. The Morgan fingerprint density at radius 3 is 2.92 bits per heavy atom. The van der Waals surface area contributed by atoms with Crippen molar-refractivity contribution in [2.75, 3.05) is 46.8 Å². The van der Waals surface area contributed by atoms with Crippen LogP contribution in [0.15, 0.2) is 0 Å². The lowest BCUT2D eigenvalue weighted by Crippen LogP contribution is -2.40. The van der Waals surface area contributed by atoms with E-state index in [1.807, 2.05) is 0 Å². The Bertz CT molecular complexity index is 136. The molecule has 1 N–H and O–H groups in total. The van der Waals surface area contributed by atoms with Crippen molar-refractivity contribution in [2.24, 2.45) is 0 Å². The lowest BCUT2D eigenvalue weighted by Gasteiger charge is -2.27. The summed E-state index contributed by atoms with van der Waals surface area (Å²) in [6.07, 6.45) is 1.29. The third kappa shape index (κ3) is 4.07. The van der Waals surface area contributed by atoms with Gasteiger partial charge in [-0.05, 0) is 40.5 Å². The van der Waals surface area contributed by atoms with Crippen LogP contribution in [-0.2, 0) is 0 Å². The van der Waals surface area contributed by atoms with Gasteiger partial charge in [0.25, 0.3) is 0 Å².